The Morgan fingerprint density at radius 2 is 1.61 bits per heavy atom. The molecular formula is C22H16BrN3O2. The Hall–Kier alpha value is -3.12. The number of fused-ring (bicyclic) bond motifs is 3. The van der Waals surface area contributed by atoms with Gasteiger partial charge in [0, 0.05) is 21.4 Å². The number of aryl methyl sites for hydroxylation is 1. The van der Waals surface area contributed by atoms with Gasteiger partial charge in [0.05, 0.1) is 11.3 Å². The fraction of sp³-hybridized carbons (Fsp3) is 0.0909. The summed E-state index contributed by atoms with van der Waals surface area (Å²) in [5, 5.41) is 6.31. The number of hydrogen-bond acceptors (Lipinski definition) is 3. The summed E-state index contributed by atoms with van der Waals surface area (Å²) in [6.45, 7) is 1.99. The van der Waals surface area contributed by atoms with Crippen molar-refractivity contribution in [3.63, 3.8) is 0 Å². The highest BCUT2D eigenvalue weighted by Gasteiger charge is 2.57. The van der Waals surface area contributed by atoms with E-state index in [9.17, 15) is 9.59 Å². The molecule has 0 fully saturated rings. The lowest BCUT2D eigenvalue weighted by atomic mass is 9.92. The second-order valence-corrected chi connectivity index (χ2v) is 7.83. The molecule has 0 aromatic heterocycles. The van der Waals surface area contributed by atoms with Gasteiger partial charge in [0.25, 0.3) is 11.8 Å². The number of rotatable bonds is 1. The third-order valence-corrected chi connectivity index (χ3v) is 5.92. The van der Waals surface area contributed by atoms with Gasteiger partial charge in [-0.15, -0.1) is 0 Å². The van der Waals surface area contributed by atoms with Gasteiger partial charge in [-0.2, -0.15) is 0 Å². The lowest BCUT2D eigenvalue weighted by Gasteiger charge is -2.44. The molecule has 2 amide bonds. The number of nitrogens with one attached hydrogen (secondary N) is 2. The highest BCUT2D eigenvalue weighted by Crippen LogP contribution is 2.49. The van der Waals surface area contributed by atoms with Gasteiger partial charge >= 0.3 is 0 Å². The number of para-hydroxylation sites is 1. The van der Waals surface area contributed by atoms with E-state index in [1.807, 2.05) is 67.6 Å². The molecule has 2 heterocycles. The van der Waals surface area contributed by atoms with Crippen LogP contribution in [-0.2, 0) is 10.5 Å². The van der Waals surface area contributed by atoms with Crippen LogP contribution in [0.3, 0.4) is 0 Å². The summed E-state index contributed by atoms with van der Waals surface area (Å²) >= 11 is 3.59. The van der Waals surface area contributed by atoms with Gasteiger partial charge in [0.2, 0.25) is 5.66 Å². The standard InChI is InChI=1S/C22H16BrN3O2/c1-13-9-11-14(12-10-13)26-20(27)15-5-2-3-7-17(15)25-22(26)19-16(23)6-4-8-18(19)24-21(22)28/h2-12,25H,1H3,(H,24,28). The van der Waals surface area contributed by atoms with Crippen LogP contribution < -0.4 is 15.5 Å². The highest BCUT2D eigenvalue weighted by molar-refractivity contribution is 9.10. The van der Waals surface area contributed by atoms with Crippen LogP contribution >= 0.6 is 15.9 Å². The number of halogens is 1. The number of anilines is 3. The first-order valence-electron chi connectivity index (χ1n) is 8.91. The fourth-order valence-electron chi connectivity index (χ4n) is 3.96. The van der Waals surface area contributed by atoms with E-state index in [1.54, 1.807) is 11.0 Å². The first-order valence-corrected chi connectivity index (χ1v) is 9.70. The predicted octanol–water partition coefficient (Wildman–Crippen LogP) is 4.63. The Balaban J connectivity index is 1.84. The number of benzene rings is 3. The van der Waals surface area contributed by atoms with Gasteiger partial charge in [0.1, 0.15) is 0 Å². The molecular weight excluding hydrogens is 418 g/mol. The lowest BCUT2D eigenvalue weighted by molar-refractivity contribution is -0.119. The zero-order chi connectivity index (χ0) is 19.5. The number of carbonyl (C=O) groups is 2. The van der Waals surface area contributed by atoms with E-state index in [-0.39, 0.29) is 11.8 Å². The summed E-state index contributed by atoms with van der Waals surface area (Å²) in [5.41, 5.74) is 2.89. The molecule has 0 aliphatic carbocycles. The first kappa shape index (κ1) is 17.0. The van der Waals surface area contributed by atoms with Crippen LogP contribution in [0.15, 0.2) is 71.2 Å². The van der Waals surface area contributed by atoms with Gasteiger partial charge in [-0.1, -0.05) is 51.8 Å². The Labute approximate surface area is 170 Å². The second-order valence-electron chi connectivity index (χ2n) is 6.97. The predicted molar refractivity (Wildman–Crippen MR) is 113 cm³/mol. The van der Waals surface area contributed by atoms with Crippen LogP contribution in [-0.4, -0.2) is 11.8 Å². The third-order valence-electron chi connectivity index (χ3n) is 5.26. The molecule has 1 spiro atoms. The van der Waals surface area contributed by atoms with Gasteiger partial charge in [0.15, 0.2) is 0 Å². The van der Waals surface area contributed by atoms with Crippen molar-refractivity contribution in [2.45, 2.75) is 12.6 Å². The molecule has 1 atom stereocenters. The quantitative estimate of drug-likeness (QED) is 0.587. The number of nitrogens with zero attached hydrogens (tertiary/aromatic N) is 1. The minimum Gasteiger partial charge on any atom is -0.350 e. The lowest BCUT2D eigenvalue weighted by Crippen LogP contribution is -2.62. The van der Waals surface area contributed by atoms with E-state index in [0.717, 1.165) is 10.0 Å². The van der Waals surface area contributed by atoms with Crippen LogP contribution in [0.5, 0.6) is 0 Å². The fourth-order valence-corrected chi connectivity index (χ4v) is 4.61. The molecule has 2 aliphatic rings. The Bertz CT molecular complexity index is 1140. The molecule has 3 aromatic rings. The van der Waals surface area contributed by atoms with Gasteiger partial charge in [-0.25, -0.2) is 0 Å². The zero-order valence-electron chi connectivity index (χ0n) is 15.0. The van der Waals surface area contributed by atoms with Crippen molar-refractivity contribution in [2.75, 3.05) is 15.5 Å². The minimum atomic E-state index is -1.38. The smallest absolute Gasteiger partial charge is 0.276 e. The number of amides is 2. The maximum Gasteiger partial charge on any atom is 0.276 e. The summed E-state index contributed by atoms with van der Waals surface area (Å²) in [5.74, 6) is -0.519. The molecule has 1 unspecified atom stereocenters. The monoisotopic (exact) mass is 433 g/mol. The van der Waals surface area contributed by atoms with Crippen LogP contribution in [0.4, 0.5) is 17.1 Å². The number of carbonyl (C=O) groups excluding carboxylic acids is 2. The number of hydrogen-bond donors (Lipinski definition) is 2. The first-order chi connectivity index (χ1) is 13.5. The molecule has 138 valence electrons. The largest absolute Gasteiger partial charge is 0.350 e. The van der Waals surface area contributed by atoms with Gasteiger partial charge < -0.3 is 10.6 Å². The van der Waals surface area contributed by atoms with Crippen molar-refractivity contribution in [2.24, 2.45) is 0 Å². The average Bonchev–Trinajstić information content (AvgIpc) is 2.96. The minimum absolute atomic E-state index is 0.225. The van der Waals surface area contributed by atoms with E-state index < -0.39 is 5.66 Å². The van der Waals surface area contributed by atoms with Crippen LogP contribution in [0.1, 0.15) is 21.5 Å². The van der Waals surface area contributed by atoms with Crippen molar-refractivity contribution in [1.29, 1.82) is 0 Å². The summed E-state index contributed by atoms with van der Waals surface area (Å²) in [6.07, 6.45) is 0. The van der Waals surface area contributed by atoms with Gasteiger partial charge in [-0.05, 0) is 43.3 Å². The van der Waals surface area contributed by atoms with Crippen molar-refractivity contribution in [3.8, 4) is 0 Å². The average molecular weight is 434 g/mol. The molecule has 0 saturated heterocycles. The molecule has 5 nitrogen and oxygen atoms in total. The molecule has 0 bridgehead atoms. The topological polar surface area (TPSA) is 61.4 Å². The van der Waals surface area contributed by atoms with Crippen molar-refractivity contribution in [3.05, 3.63) is 87.9 Å². The molecule has 0 saturated carbocycles. The zero-order valence-corrected chi connectivity index (χ0v) is 16.6. The Morgan fingerprint density at radius 3 is 2.39 bits per heavy atom. The van der Waals surface area contributed by atoms with Crippen molar-refractivity contribution >= 4 is 44.8 Å². The normalized spacial score (nSPS) is 19.9. The Kier molecular flexibility index (Phi) is 3.61. The molecule has 0 radical (unpaired) electrons. The molecule has 28 heavy (non-hydrogen) atoms. The highest BCUT2D eigenvalue weighted by atomic mass is 79.9. The van der Waals surface area contributed by atoms with Crippen LogP contribution in [0.25, 0.3) is 0 Å². The second kappa shape index (κ2) is 5.94. The van der Waals surface area contributed by atoms with Crippen LogP contribution in [0.2, 0.25) is 0 Å². The maximum atomic E-state index is 13.6. The molecule has 2 N–H and O–H groups in total. The molecule has 2 aliphatic heterocycles. The van der Waals surface area contributed by atoms with Crippen molar-refractivity contribution in [1.82, 2.24) is 0 Å². The van der Waals surface area contributed by atoms with Crippen molar-refractivity contribution < 1.29 is 9.59 Å². The summed E-state index contributed by atoms with van der Waals surface area (Å²) < 4.78 is 0.750. The maximum absolute atomic E-state index is 13.6. The molecule has 3 aromatic carbocycles. The van der Waals surface area contributed by atoms with Crippen LogP contribution in [0, 0.1) is 6.92 Å². The van der Waals surface area contributed by atoms with Gasteiger partial charge in [-0.3, -0.25) is 14.5 Å². The molecule has 5 rings (SSSR count). The summed E-state index contributed by atoms with van der Waals surface area (Å²) in [6, 6.07) is 20.4. The summed E-state index contributed by atoms with van der Waals surface area (Å²) in [7, 11) is 0. The molecule has 6 heteroatoms. The van der Waals surface area contributed by atoms with E-state index >= 15 is 0 Å². The SMILES string of the molecule is Cc1ccc(N2C(=O)c3ccccc3NC23C(=O)Nc2cccc(Br)c23)cc1. The van der Waals surface area contributed by atoms with E-state index in [0.29, 0.717) is 28.2 Å². The Morgan fingerprint density at radius 1 is 0.893 bits per heavy atom. The van der Waals surface area contributed by atoms with E-state index in [2.05, 4.69) is 26.6 Å². The van der Waals surface area contributed by atoms with E-state index in [1.165, 1.54) is 0 Å². The van der Waals surface area contributed by atoms with E-state index in [4.69, 9.17) is 0 Å². The summed E-state index contributed by atoms with van der Waals surface area (Å²) in [4.78, 5) is 28.6. The third kappa shape index (κ3) is 2.18.